The van der Waals surface area contributed by atoms with E-state index < -0.39 is 11.8 Å². The fraction of sp³-hybridized carbons (Fsp3) is 0.0455. The van der Waals surface area contributed by atoms with Crippen molar-refractivity contribution in [2.24, 2.45) is 5.10 Å². The lowest BCUT2D eigenvalue weighted by Gasteiger charge is -2.09. The molecule has 6 heteroatoms. The van der Waals surface area contributed by atoms with Crippen LogP contribution in [-0.4, -0.2) is 24.6 Å². The van der Waals surface area contributed by atoms with Crippen LogP contribution in [0.25, 0.3) is 0 Å². The minimum absolute atomic E-state index is 0.103. The molecule has 0 saturated carbocycles. The maximum Gasteiger partial charge on any atom is 0.356 e. The van der Waals surface area contributed by atoms with Crippen LogP contribution in [0.2, 0.25) is 0 Å². The third-order valence-corrected chi connectivity index (χ3v) is 3.83. The van der Waals surface area contributed by atoms with E-state index in [1.807, 2.05) is 60.7 Å². The van der Waals surface area contributed by atoms with E-state index in [9.17, 15) is 9.59 Å². The minimum atomic E-state index is -0.718. The van der Waals surface area contributed by atoms with Gasteiger partial charge in [-0.25, -0.2) is 4.79 Å². The van der Waals surface area contributed by atoms with Gasteiger partial charge in [0.05, 0.1) is 19.1 Å². The summed E-state index contributed by atoms with van der Waals surface area (Å²) in [5, 5.41) is 4.38. The van der Waals surface area contributed by atoms with Crippen LogP contribution >= 0.6 is 0 Å². The largest absolute Gasteiger partial charge is 0.464 e. The number of rotatable bonds is 7. The van der Waals surface area contributed by atoms with Crippen LogP contribution in [-0.2, 0) is 9.53 Å². The zero-order valence-electron chi connectivity index (χ0n) is 15.2. The monoisotopic (exact) mass is 374 g/mol. The lowest BCUT2D eigenvalue weighted by Crippen LogP contribution is -2.21. The van der Waals surface area contributed by atoms with Crippen LogP contribution in [0.15, 0.2) is 100 Å². The summed E-state index contributed by atoms with van der Waals surface area (Å²) < 4.78 is 9.82. The molecule has 3 aromatic rings. The van der Waals surface area contributed by atoms with Crippen molar-refractivity contribution in [2.75, 3.05) is 7.11 Å². The summed E-state index contributed by atoms with van der Waals surface area (Å²) in [4.78, 5) is 24.4. The van der Waals surface area contributed by atoms with Gasteiger partial charge >= 0.3 is 5.97 Å². The zero-order valence-corrected chi connectivity index (χ0v) is 15.2. The molecule has 1 heterocycles. The third-order valence-electron chi connectivity index (χ3n) is 3.83. The van der Waals surface area contributed by atoms with E-state index in [1.165, 1.54) is 19.4 Å². The number of ketones is 1. The average Bonchev–Trinajstić information content (AvgIpc) is 3.29. The first-order valence-corrected chi connectivity index (χ1v) is 8.51. The number of hydrazone groups is 1. The molecule has 0 aliphatic heterocycles. The van der Waals surface area contributed by atoms with Gasteiger partial charge in [0.2, 0.25) is 5.78 Å². The van der Waals surface area contributed by atoms with Crippen LogP contribution in [0, 0.1) is 0 Å². The number of carbonyl (C=O) groups is 2. The molecule has 6 nitrogen and oxygen atoms in total. The highest BCUT2D eigenvalue weighted by Gasteiger charge is 2.15. The van der Waals surface area contributed by atoms with Gasteiger partial charge < -0.3 is 9.15 Å². The van der Waals surface area contributed by atoms with Gasteiger partial charge in [-0.3, -0.25) is 10.2 Å². The second kappa shape index (κ2) is 9.14. The van der Waals surface area contributed by atoms with E-state index >= 15 is 0 Å². The molecule has 1 aromatic heterocycles. The Labute approximate surface area is 162 Å². The first kappa shape index (κ1) is 18.8. The van der Waals surface area contributed by atoms with E-state index in [0.717, 1.165) is 17.2 Å². The van der Waals surface area contributed by atoms with Crippen LogP contribution in [0.5, 0.6) is 0 Å². The quantitative estimate of drug-likeness (QED) is 0.225. The standard InChI is InChI=1S/C22H18N2O4/c1-27-22(26)18(15-19(25)20-13-8-14-28-20)23-24-21(16-9-4-2-5-10-16)17-11-6-3-7-12-17/h2-15,23H,1H3. The SMILES string of the molecule is COC(=O)C(=CC(=O)c1ccco1)NN=C(c1ccccc1)c1ccccc1. The number of nitrogens with one attached hydrogen (secondary N) is 1. The van der Waals surface area contributed by atoms with Gasteiger partial charge in [-0.15, -0.1) is 0 Å². The molecule has 0 amide bonds. The summed E-state index contributed by atoms with van der Waals surface area (Å²) in [6.45, 7) is 0. The van der Waals surface area contributed by atoms with Crippen molar-refractivity contribution in [3.8, 4) is 0 Å². The molecule has 0 atom stereocenters. The van der Waals surface area contributed by atoms with Gasteiger partial charge in [0, 0.05) is 17.2 Å². The number of carbonyl (C=O) groups excluding carboxylic acids is 2. The second-order valence-electron chi connectivity index (χ2n) is 5.70. The molecule has 0 radical (unpaired) electrons. The van der Waals surface area contributed by atoms with E-state index in [1.54, 1.807) is 6.07 Å². The number of hydrogen-bond donors (Lipinski definition) is 1. The van der Waals surface area contributed by atoms with E-state index in [0.29, 0.717) is 5.71 Å². The highest BCUT2D eigenvalue weighted by Crippen LogP contribution is 2.11. The van der Waals surface area contributed by atoms with Crippen LogP contribution in [0.3, 0.4) is 0 Å². The molecule has 0 unspecified atom stereocenters. The van der Waals surface area contributed by atoms with Crippen molar-refractivity contribution < 1.29 is 18.7 Å². The molecule has 0 bridgehead atoms. The highest BCUT2D eigenvalue weighted by atomic mass is 16.5. The van der Waals surface area contributed by atoms with E-state index in [2.05, 4.69) is 10.5 Å². The summed E-state index contributed by atoms with van der Waals surface area (Å²) in [5.41, 5.74) is 4.88. The number of methoxy groups -OCH3 is 1. The van der Waals surface area contributed by atoms with E-state index in [-0.39, 0.29) is 11.5 Å². The Morgan fingerprint density at radius 1 is 0.929 bits per heavy atom. The molecule has 1 N–H and O–H groups in total. The number of allylic oxidation sites excluding steroid dienone is 1. The molecular weight excluding hydrogens is 356 g/mol. The van der Waals surface area contributed by atoms with Crippen LogP contribution in [0.1, 0.15) is 21.7 Å². The molecule has 0 aliphatic rings. The van der Waals surface area contributed by atoms with Crippen molar-refractivity contribution in [3.05, 3.63) is 108 Å². The molecule has 0 fully saturated rings. The summed E-state index contributed by atoms with van der Waals surface area (Å²) in [6.07, 6.45) is 2.48. The van der Waals surface area contributed by atoms with E-state index in [4.69, 9.17) is 9.15 Å². The number of furan rings is 1. The smallest absolute Gasteiger partial charge is 0.356 e. The molecule has 140 valence electrons. The van der Waals surface area contributed by atoms with Crippen molar-refractivity contribution in [1.82, 2.24) is 5.43 Å². The molecule has 0 saturated heterocycles. The summed E-state index contributed by atoms with van der Waals surface area (Å²) in [6, 6.07) is 22.1. The number of nitrogens with zero attached hydrogens (tertiary/aromatic N) is 1. The van der Waals surface area contributed by atoms with Gasteiger partial charge in [-0.1, -0.05) is 60.7 Å². The van der Waals surface area contributed by atoms with Gasteiger partial charge in [-0.2, -0.15) is 5.10 Å². The van der Waals surface area contributed by atoms with Gasteiger partial charge in [0.15, 0.2) is 5.76 Å². The van der Waals surface area contributed by atoms with Crippen molar-refractivity contribution in [2.45, 2.75) is 0 Å². The van der Waals surface area contributed by atoms with Crippen molar-refractivity contribution >= 4 is 17.5 Å². The first-order valence-electron chi connectivity index (χ1n) is 8.51. The minimum Gasteiger partial charge on any atom is -0.464 e. The topological polar surface area (TPSA) is 80.9 Å². The number of esters is 1. The third kappa shape index (κ3) is 4.62. The molecule has 2 aromatic carbocycles. The molecule has 0 spiro atoms. The Bertz CT molecular complexity index is 950. The Kier molecular flexibility index (Phi) is 6.15. The Morgan fingerprint density at radius 2 is 1.54 bits per heavy atom. The number of benzene rings is 2. The summed E-state index contributed by atoms with van der Waals surface area (Å²) in [5.74, 6) is -1.09. The fourth-order valence-electron chi connectivity index (χ4n) is 2.47. The molecule has 28 heavy (non-hydrogen) atoms. The summed E-state index contributed by atoms with van der Waals surface area (Å²) in [7, 11) is 1.23. The molecule has 0 aliphatic carbocycles. The first-order chi connectivity index (χ1) is 13.7. The van der Waals surface area contributed by atoms with Gasteiger partial charge in [-0.05, 0) is 12.1 Å². The maximum atomic E-state index is 12.3. The average molecular weight is 374 g/mol. The Morgan fingerprint density at radius 3 is 2.04 bits per heavy atom. The van der Waals surface area contributed by atoms with Crippen molar-refractivity contribution in [1.29, 1.82) is 0 Å². The van der Waals surface area contributed by atoms with Gasteiger partial charge in [0.1, 0.15) is 5.70 Å². The maximum absolute atomic E-state index is 12.3. The van der Waals surface area contributed by atoms with Crippen LogP contribution in [0.4, 0.5) is 0 Å². The Balaban J connectivity index is 1.96. The lowest BCUT2D eigenvalue weighted by molar-refractivity contribution is -0.136. The fourth-order valence-corrected chi connectivity index (χ4v) is 2.47. The number of ether oxygens (including phenoxy) is 1. The lowest BCUT2D eigenvalue weighted by atomic mass is 10.0. The van der Waals surface area contributed by atoms with Crippen molar-refractivity contribution in [3.63, 3.8) is 0 Å². The molecule has 3 rings (SSSR count). The second-order valence-corrected chi connectivity index (χ2v) is 5.70. The predicted molar refractivity (Wildman–Crippen MR) is 105 cm³/mol. The predicted octanol–water partition coefficient (Wildman–Crippen LogP) is 3.56. The highest BCUT2D eigenvalue weighted by molar-refractivity contribution is 6.13. The number of hydrogen-bond acceptors (Lipinski definition) is 6. The van der Waals surface area contributed by atoms with Gasteiger partial charge in [0.25, 0.3) is 0 Å². The van der Waals surface area contributed by atoms with Crippen LogP contribution < -0.4 is 5.43 Å². The zero-order chi connectivity index (χ0) is 19.8. The summed E-state index contributed by atoms with van der Waals surface area (Å²) >= 11 is 0. The normalized spacial score (nSPS) is 10.8. The Hall–Kier alpha value is -3.93. The molecular formula is C22H18N2O4.